The van der Waals surface area contributed by atoms with E-state index in [4.69, 9.17) is 26.3 Å². The van der Waals surface area contributed by atoms with Crippen molar-refractivity contribution in [1.29, 1.82) is 5.41 Å². The van der Waals surface area contributed by atoms with Gasteiger partial charge in [-0.2, -0.15) is 5.10 Å². The second-order valence-corrected chi connectivity index (χ2v) is 10.6. The third kappa shape index (κ3) is 7.08. The number of benzene rings is 2. The van der Waals surface area contributed by atoms with Crippen LogP contribution < -0.4 is 9.73 Å². The van der Waals surface area contributed by atoms with E-state index in [1.807, 2.05) is 30.3 Å². The van der Waals surface area contributed by atoms with Crippen molar-refractivity contribution >= 4 is 82.2 Å². The fourth-order valence-corrected chi connectivity index (χ4v) is 5.50. The molecule has 2 aromatic carbocycles. The molecule has 9 nitrogen and oxygen atoms in total. The van der Waals surface area contributed by atoms with Crippen LogP contribution in [0.2, 0.25) is 0 Å². The second kappa shape index (κ2) is 12.9. The molecule has 3 aromatic rings. The number of hydrogen-bond acceptors (Lipinski definition) is 10. The first-order valence-corrected chi connectivity index (χ1v) is 19.9. The summed E-state index contributed by atoms with van der Waals surface area (Å²) in [6.07, 6.45) is 1.52. The first-order chi connectivity index (χ1) is 16.8. The molecule has 35 heavy (non-hydrogen) atoms. The van der Waals surface area contributed by atoms with Crippen molar-refractivity contribution in [2.75, 3.05) is 9.73 Å². The Bertz CT molecular complexity index is 1360. The molecule has 15 heteroatoms. The van der Waals surface area contributed by atoms with Crippen LogP contribution in [0, 0.1) is 5.41 Å². The number of hydrazone groups is 1. The second-order valence-electron chi connectivity index (χ2n) is 6.55. The minimum atomic E-state index is -3.73. The molecular formula is C20H16ClHgN7O2S4. The third-order valence-electron chi connectivity index (χ3n) is 4.35. The number of hydrogen-bond donors (Lipinski definition) is 2. The maximum atomic E-state index is 12.4. The van der Waals surface area contributed by atoms with Gasteiger partial charge in [0.15, 0.2) is 11.0 Å². The summed E-state index contributed by atoms with van der Waals surface area (Å²) in [5.74, 6) is 0.175. The number of nitrogens with one attached hydrogen (secondary N) is 2. The van der Waals surface area contributed by atoms with Gasteiger partial charge >= 0.3 is 33.1 Å². The molecule has 176 valence electrons. The number of aromatic nitrogens is 1. The molecule has 0 radical (unpaired) electrons. The third-order valence-corrected chi connectivity index (χ3v) is 7.48. The van der Waals surface area contributed by atoms with Gasteiger partial charge in [-0.1, -0.05) is 18.2 Å². The molecule has 0 unspecified atom stereocenters. The van der Waals surface area contributed by atoms with Gasteiger partial charge in [0, 0.05) is 29.1 Å². The molecule has 0 saturated carbocycles. The molecule has 0 spiro atoms. The van der Waals surface area contributed by atoms with Gasteiger partial charge < -0.3 is 12.6 Å². The summed E-state index contributed by atoms with van der Waals surface area (Å²) in [6.45, 7) is 1.79. The Hall–Kier alpha value is -1.90. The van der Waals surface area contributed by atoms with Crippen LogP contribution in [0.1, 0.15) is 6.92 Å². The minimum absolute atomic E-state index is 0.0858. The van der Waals surface area contributed by atoms with E-state index in [9.17, 15) is 8.42 Å². The average molecular weight is 751 g/mol. The molecule has 0 atom stereocenters. The van der Waals surface area contributed by atoms with E-state index in [0.717, 1.165) is 17.6 Å². The zero-order valence-electron chi connectivity index (χ0n) is 18.1. The number of nitrogens with zero attached hydrogens (tertiary/aromatic N) is 5. The van der Waals surface area contributed by atoms with Crippen LogP contribution in [0.4, 0.5) is 16.5 Å². The zero-order chi connectivity index (χ0) is 25.4. The van der Waals surface area contributed by atoms with Crippen LogP contribution in [-0.2, 0) is 47.5 Å². The van der Waals surface area contributed by atoms with Crippen LogP contribution in [0.15, 0.2) is 95.6 Å². The van der Waals surface area contributed by atoms with Crippen LogP contribution in [0.25, 0.3) is 0 Å². The van der Waals surface area contributed by atoms with Gasteiger partial charge in [-0.05, 0) is 43.3 Å². The van der Waals surface area contributed by atoms with Crippen LogP contribution in [0.5, 0.6) is 0 Å². The molecule has 2 heterocycles. The normalized spacial score (nSPS) is 15.0. The average Bonchev–Trinajstić information content (AvgIpc) is 3.47. The van der Waals surface area contributed by atoms with E-state index < -0.39 is 10.0 Å². The van der Waals surface area contributed by atoms with Crippen molar-refractivity contribution in [3.63, 3.8) is 0 Å². The van der Waals surface area contributed by atoms with Gasteiger partial charge in [0.25, 0.3) is 10.0 Å². The summed E-state index contributed by atoms with van der Waals surface area (Å²) in [4.78, 5) is 4.00. The topological polar surface area (TPSA) is 123 Å². The molecular weight excluding hydrogens is 735 g/mol. The van der Waals surface area contributed by atoms with E-state index in [2.05, 4.69) is 24.4 Å². The summed E-state index contributed by atoms with van der Waals surface area (Å²) in [7, 11) is 1.10. The predicted octanol–water partition coefficient (Wildman–Crippen LogP) is 5.99. The van der Waals surface area contributed by atoms with E-state index >= 15 is 0 Å². The number of thiazole rings is 1. The summed E-state index contributed by atoms with van der Waals surface area (Å²) in [5, 5.41) is 20.4. The zero-order valence-corrected chi connectivity index (χ0v) is 27.6. The van der Waals surface area contributed by atoms with E-state index in [1.54, 1.807) is 12.3 Å². The summed E-state index contributed by atoms with van der Waals surface area (Å²) >= 11 is 8.09. The number of sulfonamides is 1. The first kappa shape index (κ1) is 27.7. The summed E-state index contributed by atoms with van der Waals surface area (Å²) < 4.78 is 31.6. The van der Waals surface area contributed by atoms with Crippen molar-refractivity contribution < 1.29 is 33.3 Å². The van der Waals surface area contributed by atoms with Crippen molar-refractivity contribution in [2.45, 2.75) is 11.8 Å². The van der Waals surface area contributed by atoms with Gasteiger partial charge in [0.1, 0.15) is 0 Å². The Kier molecular flexibility index (Phi) is 10.2. The van der Waals surface area contributed by atoms with Gasteiger partial charge in [-0.25, -0.2) is 18.4 Å². The monoisotopic (exact) mass is 751 g/mol. The standard InChI is InChI=1S/C20H17N7O2S4.ClH.Hg/c1-13-17(18(21)27(24-13)15-5-3-2-4-6-15)19(30)32-26-23-14-7-9-16(10-8-14)33(28,29)25-20-22-11-12-31-20;;/h2-12,21,30H,1H3,(H,22,25);1H;/q;;+2/p-2/b19-17-,21-18?,26-23?;;. The van der Waals surface area contributed by atoms with Gasteiger partial charge in [-0.15, -0.1) is 25.2 Å². The van der Waals surface area contributed by atoms with Gasteiger partial charge in [0.2, 0.25) is 0 Å². The van der Waals surface area contributed by atoms with E-state index in [0.29, 0.717) is 51.2 Å². The van der Waals surface area contributed by atoms with Crippen molar-refractivity contribution in [1.82, 2.24) is 4.98 Å². The van der Waals surface area contributed by atoms with Crippen LogP contribution in [0.3, 0.4) is 0 Å². The van der Waals surface area contributed by atoms with Gasteiger partial charge in [-0.3, -0.25) is 10.1 Å². The van der Waals surface area contributed by atoms with Crippen molar-refractivity contribution in [3.8, 4) is 0 Å². The molecule has 0 bridgehead atoms. The molecule has 1 aromatic heterocycles. The Morgan fingerprint density at radius 1 is 1.20 bits per heavy atom. The number of para-hydroxylation sites is 1. The molecule has 2 N–H and O–H groups in total. The number of rotatable bonds is 7. The van der Waals surface area contributed by atoms with Crippen LogP contribution in [-0.4, -0.2) is 24.9 Å². The fourth-order valence-electron chi connectivity index (χ4n) is 2.82. The SMILES string of the molecule is CC1=NN(c2ccccc2)C(=N)/C1=C(/[S-])SN=Nc1ccc(S(=O)(=O)Nc2nccs2)cc1.[Cl][Hg+]. The number of amidine groups is 1. The molecule has 0 fully saturated rings. The quantitative estimate of drug-likeness (QED) is 0.132. The Morgan fingerprint density at radius 3 is 2.51 bits per heavy atom. The first-order valence-electron chi connectivity index (χ1n) is 9.63. The number of halogens is 1. The fraction of sp³-hybridized carbons (Fsp3) is 0.0500. The Balaban J connectivity index is 0.00000167. The summed E-state index contributed by atoms with van der Waals surface area (Å²) in [6, 6.07) is 15.3. The van der Waals surface area contributed by atoms with Crippen LogP contribution >= 0.6 is 31.5 Å². The predicted molar refractivity (Wildman–Crippen MR) is 141 cm³/mol. The Morgan fingerprint density at radius 2 is 1.89 bits per heavy atom. The van der Waals surface area contributed by atoms with Gasteiger partial charge in [0.05, 0.1) is 22.0 Å². The molecule has 1 aliphatic heterocycles. The molecule has 1 aliphatic rings. The maximum absolute atomic E-state index is 12.4. The van der Waals surface area contributed by atoms with Crippen molar-refractivity contribution in [2.24, 2.45) is 14.7 Å². The summed E-state index contributed by atoms with van der Waals surface area (Å²) in [5.41, 5.74) is 2.37. The molecule has 4 rings (SSSR count). The molecule has 0 saturated heterocycles. The van der Waals surface area contributed by atoms with E-state index in [-0.39, 0.29) is 10.7 Å². The van der Waals surface area contributed by atoms with E-state index in [1.165, 1.54) is 46.8 Å². The molecule has 0 amide bonds. The van der Waals surface area contributed by atoms with Crippen molar-refractivity contribution in [3.05, 3.63) is 76.0 Å². The number of anilines is 2. The Labute approximate surface area is 236 Å². The molecule has 0 aliphatic carbocycles.